The number of rotatable bonds is 3. The van der Waals surface area contributed by atoms with Crippen molar-refractivity contribution in [3.63, 3.8) is 0 Å². The Labute approximate surface area is 108 Å². The van der Waals surface area contributed by atoms with Gasteiger partial charge in [0.2, 0.25) is 0 Å². The Morgan fingerprint density at radius 3 is 2.89 bits per heavy atom. The quantitative estimate of drug-likeness (QED) is 0.828. The van der Waals surface area contributed by atoms with E-state index >= 15 is 0 Å². The topological polar surface area (TPSA) is 61.6 Å². The second kappa shape index (κ2) is 5.63. The highest BCUT2D eigenvalue weighted by Gasteiger charge is 2.13. The highest BCUT2D eigenvalue weighted by Crippen LogP contribution is 2.21. The van der Waals surface area contributed by atoms with Gasteiger partial charge >= 0.3 is 0 Å². The zero-order valence-corrected chi connectivity index (χ0v) is 10.9. The SMILES string of the molecule is Cc1nnc(NCC2CC=CCC2)c(C#N)c1C. The van der Waals surface area contributed by atoms with E-state index in [9.17, 15) is 5.26 Å². The maximum Gasteiger partial charge on any atom is 0.166 e. The summed E-state index contributed by atoms with van der Waals surface area (Å²) >= 11 is 0. The van der Waals surface area contributed by atoms with E-state index in [2.05, 4.69) is 33.7 Å². The molecule has 2 rings (SSSR count). The van der Waals surface area contributed by atoms with Crippen LogP contribution in [0, 0.1) is 31.1 Å². The van der Waals surface area contributed by atoms with Crippen LogP contribution in [0.4, 0.5) is 5.82 Å². The van der Waals surface area contributed by atoms with E-state index in [4.69, 9.17) is 0 Å². The van der Waals surface area contributed by atoms with Gasteiger partial charge in [-0.25, -0.2) is 0 Å². The van der Waals surface area contributed by atoms with Crippen LogP contribution in [-0.4, -0.2) is 16.7 Å². The molecule has 4 heteroatoms. The number of aromatic nitrogens is 2. The number of nitrogens with zero attached hydrogens (tertiary/aromatic N) is 3. The maximum absolute atomic E-state index is 9.19. The number of aryl methyl sites for hydroxylation is 1. The molecule has 1 aliphatic carbocycles. The third-order valence-corrected chi connectivity index (χ3v) is 3.50. The van der Waals surface area contributed by atoms with Crippen LogP contribution in [-0.2, 0) is 0 Å². The molecule has 0 aromatic carbocycles. The second-order valence-electron chi connectivity index (χ2n) is 4.78. The minimum absolute atomic E-state index is 0.619. The molecule has 1 unspecified atom stereocenters. The summed E-state index contributed by atoms with van der Waals surface area (Å²) in [6, 6.07) is 2.21. The summed E-state index contributed by atoms with van der Waals surface area (Å²) in [5, 5.41) is 20.6. The van der Waals surface area contributed by atoms with E-state index in [1.165, 1.54) is 6.42 Å². The summed E-state index contributed by atoms with van der Waals surface area (Å²) in [4.78, 5) is 0. The molecule has 0 saturated heterocycles. The molecule has 0 spiro atoms. The number of nitriles is 1. The number of anilines is 1. The molecule has 1 heterocycles. The predicted molar refractivity (Wildman–Crippen MR) is 71.2 cm³/mol. The molecule has 4 nitrogen and oxygen atoms in total. The van der Waals surface area contributed by atoms with Gasteiger partial charge in [-0.15, -0.1) is 5.10 Å². The van der Waals surface area contributed by atoms with E-state index in [0.29, 0.717) is 17.3 Å². The molecule has 1 atom stereocenters. The predicted octanol–water partition coefficient (Wildman–Crippen LogP) is 2.73. The highest BCUT2D eigenvalue weighted by molar-refractivity contribution is 5.55. The first kappa shape index (κ1) is 12.6. The summed E-state index contributed by atoms with van der Waals surface area (Å²) in [5.41, 5.74) is 2.35. The van der Waals surface area contributed by atoms with Crippen molar-refractivity contribution in [2.75, 3.05) is 11.9 Å². The van der Waals surface area contributed by atoms with Crippen LogP contribution in [0.1, 0.15) is 36.1 Å². The van der Waals surface area contributed by atoms with Crippen LogP contribution < -0.4 is 5.32 Å². The Kier molecular flexibility index (Phi) is 3.93. The average Bonchev–Trinajstić information content (AvgIpc) is 2.41. The molecule has 0 aliphatic heterocycles. The van der Waals surface area contributed by atoms with Gasteiger partial charge in [-0.3, -0.25) is 0 Å². The van der Waals surface area contributed by atoms with E-state index < -0.39 is 0 Å². The van der Waals surface area contributed by atoms with Crippen LogP contribution in [0.15, 0.2) is 12.2 Å². The van der Waals surface area contributed by atoms with Crippen molar-refractivity contribution >= 4 is 5.82 Å². The molecule has 1 aromatic rings. The lowest BCUT2D eigenvalue weighted by Gasteiger charge is -2.19. The average molecular weight is 242 g/mol. The third-order valence-electron chi connectivity index (χ3n) is 3.50. The van der Waals surface area contributed by atoms with Gasteiger partial charge in [0, 0.05) is 6.54 Å². The number of hydrogen-bond acceptors (Lipinski definition) is 4. The van der Waals surface area contributed by atoms with Crippen LogP contribution in [0.25, 0.3) is 0 Å². The number of hydrogen-bond donors (Lipinski definition) is 1. The van der Waals surface area contributed by atoms with E-state index in [1.54, 1.807) is 0 Å². The molecule has 94 valence electrons. The summed E-state index contributed by atoms with van der Waals surface area (Å²) in [6.45, 7) is 4.65. The molecule has 1 N–H and O–H groups in total. The van der Waals surface area contributed by atoms with Crippen molar-refractivity contribution < 1.29 is 0 Å². The van der Waals surface area contributed by atoms with Gasteiger partial charge in [-0.1, -0.05) is 12.2 Å². The van der Waals surface area contributed by atoms with Crippen molar-refractivity contribution in [2.45, 2.75) is 33.1 Å². The van der Waals surface area contributed by atoms with Gasteiger partial charge < -0.3 is 5.32 Å². The minimum Gasteiger partial charge on any atom is -0.367 e. The van der Waals surface area contributed by atoms with Gasteiger partial charge in [0.1, 0.15) is 11.6 Å². The lowest BCUT2D eigenvalue weighted by molar-refractivity contribution is 0.503. The smallest absolute Gasteiger partial charge is 0.166 e. The van der Waals surface area contributed by atoms with Crippen LogP contribution in [0.3, 0.4) is 0 Å². The van der Waals surface area contributed by atoms with Crippen molar-refractivity contribution in [3.8, 4) is 6.07 Å². The molecule has 0 amide bonds. The van der Waals surface area contributed by atoms with Crippen molar-refractivity contribution in [1.82, 2.24) is 10.2 Å². The summed E-state index contributed by atoms with van der Waals surface area (Å²) in [6.07, 6.45) is 7.91. The molecule has 0 fully saturated rings. The van der Waals surface area contributed by atoms with Crippen LogP contribution in [0.2, 0.25) is 0 Å². The van der Waals surface area contributed by atoms with Crippen molar-refractivity contribution in [2.24, 2.45) is 5.92 Å². The Morgan fingerprint density at radius 2 is 2.22 bits per heavy atom. The first-order valence-corrected chi connectivity index (χ1v) is 6.35. The normalized spacial score (nSPS) is 18.4. The molecule has 0 bridgehead atoms. The molecule has 0 saturated carbocycles. The second-order valence-corrected chi connectivity index (χ2v) is 4.78. The van der Waals surface area contributed by atoms with E-state index in [1.807, 2.05) is 13.8 Å². The van der Waals surface area contributed by atoms with Gasteiger partial charge in [0.15, 0.2) is 5.82 Å². The first-order chi connectivity index (χ1) is 8.72. The molecule has 1 aliphatic rings. The van der Waals surface area contributed by atoms with Gasteiger partial charge in [0.25, 0.3) is 0 Å². The molecular weight excluding hydrogens is 224 g/mol. The van der Waals surface area contributed by atoms with E-state index in [0.717, 1.165) is 30.6 Å². The summed E-state index contributed by atoms with van der Waals surface area (Å²) in [7, 11) is 0. The lowest BCUT2D eigenvalue weighted by Crippen LogP contribution is -2.17. The fourth-order valence-corrected chi connectivity index (χ4v) is 2.15. The molecule has 1 aromatic heterocycles. The van der Waals surface area contributed by atoms with Crippen LogP contribution in [0.5, 0.6) is 0 Å². The zero-order valence-electron chi connectivity index (χ0n) is 10.9. The van der Waals surface area contributed by atoms with Gasteiger partial charge in [-0.2, -0.15) is 10.4 Å². The standard InChI is InChI=1S/C14H18N4/c1-10-11(2)17-18-14(13(10)8-15)16-9-12-6-4-3-5-7-12/h3-4,12H,5-7,9H2,1-2H3,(H,16,18). The maximum atomic E-state index is 9.19. The Balaban J connectivity index is 2.07. The monoisotopic (exact) mass is 242 g/mol. The summed E-state index contributed by atoms with van der Waals surface area (Å²) in [5.74, 6) is 1.25. The first-order valence-electron chi connectivity index (χ1n) is 6.35. The Bertz CT molecular complexity index is 499. The van der Waals surface area contributed by atoms with Crippen molar-refractivity contribution in [1.29, 1.82) is 5.26 Å². The van der Waals surface area contributed by atoms with Gasteiger partial charge in [-0.05, 0) is 44.6 Å². The third kappa shape index (κ3) is 2.67. The molecular formula is C14H18N4. The number of allylic oxidation sites excluding steroid dienone is 2. The fourth-order valence-electron chi connectivity index (χ4n) is 2.15. The van der Waals surface area contributed by atoms with Crippen molar-refractivity contribution in [3.05, 3.63) is 29.0 Å². The number of nitrogens with one attached hydrogen (secondary N) is 1. The van der Waals surface area contributed by atoms with E-state index in [-0.39, 0.29) is 0 Å². The fraction of sp³-hybridized carbons (Fsp3) is 0.500. The summed E-state index contributed by atoms with van der Waals surface area (Å²) < 4.78 is 0. The zero-order chi connectivity index (χ0) is 13.0. The Morgan fingerprint density at radius 1 is 1.39 bits per heavy atom. The van der Waals surface area contributed by atoms with Crippen LogP contribution >= 0.6 is 0 Å². The molecule has 18 heavy (non-hydrogen) atoms. The Hall–Kier alpha value is -1.89. The lowest BCUT2D eigenvalue weighted by atomic mass is 9.94. The molecule has 0 radical (unpaired) electrons. The minimum atomic E-state index is 0.619. The largest absolute Gasteiger partial charge is 0.367 e. The highest BCUT2D eigenvalue weighted by atomic mass is 15.2. The van der Waals surface area contributed by atoms with Gasteiger partial charge in [0.05, 0.1) is 5.69 Å².